The largest absolute Gasteiger partial charge is 0.279 e. The number of nitrogens with two attached hydrogens (primary N) is 1. The molecule has 12 nitrogen and oxygen atoms in total. The third-order valence-corrected chi connectivity index (χ3v) is 5.26. The fraction of sp³-hybridized carbons (Fsp3) is 0.214. The van der Waals surface area contributed by atoms with Crippen molar-refractivity contribution in [2.75, 3.05) is 0 Å². The molecule has 4 rings (SSSR count). The molecule has 0 aliphatic heterocycles. The molecule has 0 saturated heterocycles. The number of nitrogens with one attached hydrogen (secondary N) is 1. The van der Waals surface area contributed by atoms with E-state index in [1.165, 1.54) is 0 Å². The Morgan fingerprint density at radius 3 is 2.93 bits per heavy atom. The smallest absolute Gasteiger partial charge is 0.206 e. The van der Waals surface area contributed by atoms with E-state index >= 15 is 0 Å². The van der Waals surface area contributed by atoms with Gasteiger partial charge < -0.3 is 0 Å². The van der Waals surface area contributed by atoms with E-state index in [-0.39, 0.29) is 11.4 Å². The molecule has 0 radical (unpaired) electrons. The average molecular weight is 416 g/mol. The summed E-state index contributed by atoms with van der Waals surface area (Å²) in [7, 11) is 0. The van der Waals surface area contributed by atoms with Gasteiger partial charge in [-0.2, -0.15) is 19.9 Å². The van der Waals surface area contributed by atoms with Gasteiger partial charge in [-0.05, 0) is 25.0 Å². The van der Waals surface area contributed by atoms with Crippen molar-refractivity contribution in [2.24, 2.45) is 16.1 Å². The molecule has 3 N–H and O–H groups in total. The summed E-state index contributed by atoms with van der Waals surface area (Å²) in [5.41, 5.74) is 3.47. The van der Waals surface area contributed by atoms with Gasteiger partial charge in [-0.1, -0.05) is 6.92 Å². The van der Waals surface area contributed by atoms with Crippen LogP contribution in [0.25, 0.3) is 16.7 Å². The maximum Gasteiger partial charge on any atom is 0.206 e. The number of rotatable bonds is 6. The number of hydrogen-bond acceptors (Lipinski definition) is 12. The molecule has 3 aromatic heterocycles. The quantitative estimate of drug-likeness (QED) is 0.208. The first kappa shape index (κ1) is 18.4. The Morgan fingerprint density at radius 2 is 2.18 bits per heavy atom. The third kappa shape index (κ3) is 3.00. The summed E-state index contributed by atoms with van der Waals surface area (Å²) in [6.45, 7) is 3.74. The Bertz CT molecular complexity index is 1230. The van der Waals surface area contributed by atoms with Crippen molar-refractivity contribution in [2.45, 2.75) is 25.2 Å². The maximum absolute atomic E-state index is 9.40. The Balaban J connectivity index is 1.90. The first-order chi connectivity index (χ1) is 13.7. The van der Waals surface area contributed by atoms with E-state index in [4.69, 9.17) is 10.2 Å². The number of aryl methyl sites for hydroxylation is 2. The van der Waals surface area contributed by atoms with E-state index in [0.29, 0.717) is 39.5 Å². The minimum Gasteiger partial charge on any atom is -0.279 e. The first-order valence-electron chi connectivity index (χ1n) is 7.91. The highest BCUT2D eigenvalue weighted by atomic mass is 32.2. The van der Waals surface area contributed by atoms with Crippen LogP contribution in [0.2, 0.25) is 0 Å². The van der Waals surface area contributed by atoms with Gasteiger partial charge in [0.2, 0.25) is 5.65 Å². The highest BCUT2D eigenvalue weighted by molar-refractivity contribution is 7.94. The number of hydrogen-bond donors (Lipinski definition) is 2. The summed E-state index contributed by atoms with van der Waals surface area (Å²) >= 11 is 1.96. The number of benzene rings is 1. The molecule has 0 saturated carbocycles. The summed E-state index contributed by atoms with van der Waals surface area (Å²) in [6, 6.07) is 3.95. The van der Waals surface area contributed by atoms with Crippen molar-refractivity contribution in [3.8, 4) is 6.07 Å². The molecule has 1 aromatic carbocycles. The normalized spacial score (nSPS) is 11.8. The zero-order valence-corrected chi connectivity index (χ0v) is 16.2. The predicted octanol–water partition coefficient (Wildman–Crippen LogP) is 3.05. The molecular weight excluding hydrogens is 404 g/mol. The van der Waals surface area contributed by atoms with Gasteiger partial charge in [-0.3, -0.25) is 5.10 Å². The third-order valence-electron chi connectivity index (χ3n) is 3.95. The van der Waals surface area contributed by atoms with Gasteiger partial charge in [0.25, 0.3) is 0 Å². The number of nitrogens with zero attached hydrogens (tertiary/aromatic N) is 8. The zero-order chi connectivity index (χ0) is 19.7. The molecule has 0 amide bonds. The number of aromatic nitrogens is 6. The van der Waals surface area contributed by atoms with Gasteiger partial charge >= 0.3 is 0 Å². The number of H-pyrrole nitrogens is 1. The molecule has 28 heavy (non-hydrogen) atoms. The van der Waals surface area contributed by atoms with E-state index in [1.807, 2.05) is 19.1 Å². The molecular formula is C14H12N10O2S2. The molecule has 0 bridgehead atoms. The van der Waals surface area contributed by atoms with Gasteiger partial charge in [-0.15, -0.1) is 29.7 Å². The van der Waals surface area contributed by atoms with Crippen molar-refractivity contribution in [3.63, 3.8) is 0 Å². The van der Waals surface area contributed by atoms with Gasteiger partial charge in [0.15, 0.2) is 11.4 Å². The molecule has 0 fully saturated rings. The van der Waals surface area contributed by atoms with Crippen molar-refractivity contribution in [1.29, 1.82) is 5.26 Å². The molecule has 0 spiro atoms. The summed E-state index contributed by atoms with van der Waals surface area (Å²) in [4.78, 5) is 4.87. The van der Waals surface area contributed by atoms with Crippen molar-refractivity contribution < 1.29 is 9.32 Å². The zero-order valence-electron chi connectivity index (χ0n) is 14.6. The second kappa shape index (κ2) is 7.58. The van der Waals surface area contributed by atoms with E-state index in [0.717, 1.165) is 29.3 Å². The molecule has 0 atom stereocenters. The van der Waals surface area contributed by atoms with Crippen molar-refractivity contribution >= 4 is 51.8 Å². The second-order valence-corrected chi connectivity index (χ2v) is 6.74. The van der Waals surface area contributed by atoms with E-state index < -0.39 is 0 Å². The van der Waals surface area contributed by atoms with Crippen LogP contribution in [0.5, 0.6) is 0 Å². The standard InChI is InChI=1S/C14H12N10O2S2/c1-3-7-4-8-10(23-28-22-8)12(13(7)27-26-25-16)19-18-11-9(5-15)21-24-6(2)17-20-14(11)24/h4,21H,3,16H2,1-2H3. The number of azo groups is 1. The van der Waals surface area contributed by atoms with Crippen LogP contribution in [0, 0.1) is 18.3 Å². The van der Waals surface area contributed by atoms with Crippen molar-refractivity contribution in [3.05, 3.63) is 23.1 Å². The Hall–Kier alpha value is -2.96. The summed E-state index contributed by atoms with van der Waals surface area (Å²) in [5, 5.41) is 28.9. The lowest BCUT2D eigenvalue weighted by Gasteiger charge is -2.08. The van der Waals surface area contributed by atoms with Crippen LogP contribution in [-0.2, 0) is 15.7 Å². The maximum atomic E-state index is 9.40. The van der Waals surface area contributed by atoms with Crippen LogP contribution in [-0.4, -0.2) is 28.6 Å². The predicted molar refractivity (Wildman–Crippen MR) is 100.0 cm³/mol. The Kier molecular flexibility index (Phi) is 4.98. The molecule has 4 aromatic rings. The van der Waals surface area contributed by atoms with E-state index in [9.17, 15) is 5.26 Å². The van der Waals surface area contributed by atoms with E-state index in [1.54, 1.807) is 11.4 Å². The molecule has 0 aliphatic carbocycles. The van der Waals surface area contributed by atoms with Crippen LogP contribution in [0.3, 0.4) is 0 Å². The summed E-state index contributed by atoms with van der Waals surface area (Å²) < 4.78 is 15.0. The summed E-state index contributed by atoms with van der Waals surface area (Å²) in [6.07, 6.45) is 0.688. The lowest BCUT2D eigenvalue weighted by Crippen LogP contribution is -1.96. The average Bonchev–Trinajstić information content (AvgIpc) is 3.40. The lowest BCUT2D eigenvalue weighted by atomic mass is 10.1. The van der Waals surface area contributed by atoms with Gasteiger partial charge in [0.1, 0.15) is 28.6 Å². The first-order valence-corrected chi connectivity index (χ1v) is 9.38. The fourth-order valence-corrected chi connectivity index (χ4v) is 3.81. The Labute approximate surface area is 165 Å². The number of nitriles is 1. The number of aromatic amines is 1. The van der Waals surface area contributed by atoms with Crippen LogP contribution >= 0.6 is 23.8 Å². The lowest BCUT2D eigenvalue weighted by molar-refractivity contribution is -0.195. The molecule has 3 heterocycles. The van der Waals surface area contributed by atoms with Crippen LogP contribution in [0.4, 0.5) is 11.4 Å². The van der Waals surface area contributed by atoms with Crippen LogP contribution in [0.1, 0.15) is 24.0 Å². The van der Waals surface area contributed by atoms with E-state index in [2.05, 4.69) is 39.3 Å². The number of fused-ring (bicyclic) bond motifs is 2. The molecule has 0 aliphatic rings. The highest BCUT2D eigenvalue weighted by Gasteiger charge is 2.19. The molecule has 142 valence electrons. The summed E-state index contributed by atoms with van der Waals surface area (Å²) in [5.74, 6) is 5.58. The van der Waals surface area contributed by atoms with Crippen LogP contribution in [0.15, 0.2) is 21.2 Å². The van der Waals surface area contributed by atoms with Crippen molar-refractivity contribution in [1.82, 2.24) is 28.6 Å². The fourth-order valence-electron chi connectivity index (χ4n) is 2.65. The topological polar surface area (TPSA) is 165 Å². The van der Waals surface area contributed by atoms with Gasteiger partial charge in [-0.25, -0.2) is 4.52 Å². The molecule has 0 unspecified atom stereocenters. The Morgan fingerprint density at radius 1 is 1.36 bits per heavy atom. The van der Waals surface area contributed by atoms with Gasteiger partial charge in [0, 0.05) is 0 Å². The van der Waals surface area contributed by atoms with Crippen LogP contribution < -0.4 is 5.90 Å². The monoisotopic (exact) mass is 416 g/mol. The minimum atomic E-state index is 0.215. The minimum absolute atomic E-state index is 0.215. The molecule has 14 heteroatoms. The highest BCUT2D eigenvalue weighted by Crippen LogP contribution is 2.40. The SMILES string of the molecule is CCc1cc2nsnc2c(N=Nc2c(C#N)[nH]n3c(C)nnc23)c1SOON. The second-order valence-electron chi connectivity index (χ2n) is 5.50. The van der Waals surface area contributed by atoms with Gasteiger partial charge in [0.05, 0.1) is 28.7 Å².